The number of hydrogen-bond acceptors (Lipinski definition) is 4. The number of primary amides is 1. The summed E-state index contributed by atoms with van der Waals surface area (Å²) in [6.07, 6.45) is -0.230. The van der Waals surface area contributed by atoms with Crippen LogP contribution in [0.2, 0.25) is 0 Å². The van der Waals surface area contributed by atoms with Crippen LogP contribution in [0.1, 0.15) is 23.2 Å². The zero-order valence-electron chi connectivity index (χ0n) is 10.00. The number of aromatic hydroxyl groups is 1. The number of carboxylic acids is 1. The minimum Gasteiger partial charge on any atom is -0.508 e. The highest BCUT2D eigenvalue weighted by Crippen LogP contribution is 2.11. The summed E-state index contributed by atoms with van der Waals surface area (Å²) < 4.78 is 0. The second-order valence-corrected chi connectivity index (χ2v) is 3.92. The van der Waals surface area contributed by atoms with E-state index in [1.165, 1.54) is 24.3 Å². The topological polar surface area (TPSA) is 130 Å². The number of carboxylic acid groups (broad SMARTS) is 1. The number of phenols is 1. The van der Waals surface area contributed by atoms with Crippen molar-refractivity contribution in [3.05, 3.63) is 29.8 Å². The summed E-state index contributed by atoms with van der Waals surface area (Å²) in [5.74, 6) is -2.64. The SMILES string of the molecule is NC(=O)CC[C@H](NC(=O)c1cccc(O)c1)C(=O)O. The third kappa shape index (κ3) is 4.66. The molecule has 0 bridgehead atoms. The molecule has 2 amide bonds. The van der Waals surface area contributed by atoms with Gasteiger partial charge in [0.2, 0.25) is 5.91 Å². The van der Waals surface area contributed by atoms with Crippen LogP contribution >= 0.6 is 0 Å². The Morgan fingerprint density at radius 1 is 1.32 bits per heavy atom. The first-order valence-corrected chi connectivity index (χ1v) is 5.51. The van der Waals surface area contributed by atoms with Crippen molar-refractivity contribution >= 4 is 17.8 Å². The standard InChI is InChI=1S/C12H14N2O5/c13-10(16)5-4-9(12(18)19)14-11(17)7-2-1-3-8(15)6-7/h1-3,6,9,15H,4-5H2,(H2,13,16)(H,14,17)(H,18,19)/t9-/m0/s1. The molecule has 102 valence electrons. The molecule has 0 spiro atoms. The Hall–Kier alpha value is -2.57. The van der Waals surface area contributed by atoms with Gasteiger partial charge in [-0.3, -0.25) is 9.59 Å². The van der Waals surface area contributed by atoms with Crippen molar-refractivity contribution in [1.82, 2.24) is 5.32 Å². The summed E-state index contributed by atoms with van der Waals surface area (Å²) in [6.45, 7) is 0. The number of benzene rings is 1. The summed E-state index contributed by atoms with van der Waals surface area (Å²) in [4.78, 5) is 33.3. The molecule has 5 N–H and O–H groups in total. The van der Waals surface area contributed by atoms with Crippen molar-refractivity contribution in [1.29, 1.82) is 0 Å². The van der Waals surface area contributed by atoms with E-state index < -0.39 is 23.8 Å². The zero-order valence-corrected chi connectivity index (χ0v) is 10.00. The molecule has 0 aliphatic carbocycles. The lowest BCUT2D eigenvalue weighted by molar-refractivity contribution is -0.139. The summed E-state index contributed by atoms with van der Waals surface area (Å²) in [5.41, 5.74) is 5.05. The molecule has 0 saturated carbocycles. The minimum atomic E-state index is -1.25. The van der Waals surface area contributed by atoms with Crippen LogP contribution in [0.25, 0.3) is 0 Å². The van der Waals surface area contributed by atoms with Crippen LogP contribution in [0.3, 0.4) is 0 Å². The van der Waals surface area contributed by atoms with Crippen molar-refractivity contribution < 1.29 is 24.6 Å². The molecular weight excluding hydrogens is 252 g/mol. The molecule has 1 rings (SSSR count). The fourth-order valence-electron chi connectivity index (χ4n) is 1.43. The van der Waals surface area contributed by atoms with Gasteiger partial charge in [-0.1, -0.05) is 6.07 Å². The molecule has 0 aliphatic rings. The molecule has 0 fully saturated rings. The van der Waals surface area contributed by atoms with Gasteiger partial charge in [-0.05, 0) is 24.6 Å². The van der Waals surface area contributed by atoms with Crippen molar-refractivity contribution in [3.8, 4) is 5.75 Å². The lowest BCUT2D eigenvalue weighted by Crippen LogP contribution is -2.41. The third-order valence-corrected chi connectivity index (χ3v) is 2.39. The van der Waals surface area contributed by atoms with Gasteiger partial charge >= 0.3 is 5.97 Å². The Morgan fingerprint density at radius 3 is 2.53 bits per heavy atom. The molecular formula is C12H14N2O5. The average Bonchev–Trinajstić information content (AvgIpc) is 2.33. The Labute approximate surface area is 109 Å². The van der Waals surface area contributed by atoms with E-state index in [9.17, 15) is 19.5 Å². The molecule has 0 aliphatic heterocycles. The number of rotatable bonds is 6. The van der Waals surface area contributed by atoms with Crippen LogP contribution in [0.5, 0.6) is 5.75 Å². The quantitative estimate of drug-likeness (QED) is 0.568. The van der Waals surface area contributed by atoms with E-state index in [0.717, 1.165) is 0 Å². The van der Waals surface area contributed by atoms with E-state index in [1.807, 2.05) is 0 Å². The Balaban J connectivity index is 2.71. The molecule has 0 unspecified atom stereocenters. The summed E-state index contributed by atoms with van der Waals surface area (Å²) in [5, 5.41) is 20.4. The minimum absolute atomic E-state index is 0.0881. The van der Waals surface area contributed by atoms with Crippen LogP contribution < -0.4 is 11.1 Å². The summed E-state index contributed by atoms with van der Waals surface area (Å²) >= 11 is 0. The van der Waals surface area contributed by atoms with E-state index in [4.69, 9.17) is 10.8 Å². The fourth-order valence-corrected chi connectivity index (χ4v) is 1.43. The first-order chi connectivity index (χ1) is 8.90. The average molecular weight is 266 g/mol. The van der Waals surface area contributed by atoms with Gasteiger partial charge in [0.1, 0.15) is 11.8 Å². The highest BCUT2D eigenvalue weighted by Gasteiger charge is 2.21. The monoisotopic (exact) mass is 266 g/mol. The number of carbonyl (C=O) groups excluding carboxylic acids is 2. The van der Waals surface area contributed by atoms with Crippen LogP contribution in [0.15, 0.2) is 24.3 Å². The number of aliphatic carboxylic acids is 1. The maximum Gasteiger partial charge on any atom is 0.326 e. The van der Waals surface area contributed by atoms with Crippen molar-refractivity contribution in [2.45, 2.75) is 18.9 Å². The number of carbonyl (C=O) groups is 3. The second kappa shape index (κ2) is 6.39. The van der Waals surface area contributed by atoms with Crippen molar-refractivity contribution in [2.24, 2.45) is 5.73 Å². The molecule has 0 aromatic heterocycles. The highest BCUT2D eigenvalue weighted by molar-refractivity contribution is 5.97. The smallest absolute Gasteiger partial charge is 0.326 e. The molecule has 0 heterocycles. The number of nitrogens with two attached hydrogens (primary N) is 1. The van der Waals surface area contributed by atoms with Crippen LogP contribution in [0.4, 0.5) is 0 Å². The predicted molar refractivity (Wildman–Crippen MR) is 65.4 cm³/mol. The largest absolute Gasteiger partial charge is 0.508 e. The predicted octanol–water partition coefficient (Wildman–Crippen LogP) is -0.159. The van der Waals surface area contributed by atoms with Gasteiger partial charge in [-0.15, -0.1) is 0 Å². The van der Waals surface area contributed by atoms with Crippen molar-refractivity contribution in [2.75, 3.05) is 0 Å². The third-order valence-electron chi connectivity index (χ3n) is 2.39. The van der Waals surface area contributed by atoms with E-state index in [0.29, 0.717) is 0 Å². The van der Waals surface area contributed by atoms with E-state index in [2.05, 4.69) is 5.32 Å². The summed E-state index contributed by atoms with van der Waals surface area (Å²) in [7, 11) is 0. The maximum atomic E-state index is 11.8. The lowest BCUT2D eigenvalue weighted by atomic mass is 10.1. The Morgan fingerprint density at radius 2 is 2.00 bits per heavy atom. The van der Waals surface area contributed by atoms with E-state index >= 15 is 0 Å². The van der Waals surface area contributed by atoms with Gasteiger partial charge < -0.3 is 21.3 Å². The molecule has 7 heteroatoms. The zero-order chi connectivity index (χ0) is 14.4. The Kier molecular flexibility index (Phi) is 4.87. The van der Waals surface area contributed by atoms with Gasteiger partial charge in [0.25, 0.3) is 5.91 Å². The summed E-state index contributed by atoms with van der Waals surface area (Å²) in [6, 6.07) is 4.29. The molecule has 0 radical (unpaired) electrons. The molecule has 0 saturated heterocycles. The maximum absolute atomic E-state index is 11.8. The first kappa shape index (κ1) is 14.5. The van der Waals surface area contributed by atoms with Gasteiger partial charge in [0.05, 0.1) is 0 Å². The molecule has 19 heavy (non-hydrogen) atoms. The van der Waals surface area contributed by atoms with Crippen LogP contribution in [-0.2, 0) is 9.59 Å². The van der Waals surface area contributed by atoms with Crippen LogP contribution in [0, 0.1) is 0 Å². The van der Waals surface area contributed by atoms with Gasteiger partial charge in [-0.2, -0.15) is 0 Å². The lowest BCUT2D eigenvalue weighted by Gasteiger charge is -2.13. The van der Waals surface area contributed by atoms with Gasteiger partial charge in [-0.25, -0.2) is 4.79 Å². The number of phenolic OH excluding ortho intramolecular Hbond substituents is 1. The second-order valence-electron chi connectivity index (χ2n) is 3.92. The number of nitrogens with one attached hydrogen (secondary N) is 1. The first-order valence-electron chi connectivity index (χ1n) is 5.51. The van der Waals surface area contributed by atoms with E-state index in [-0.39, 0.29) is 24.2 Å². The molecule has 1 atom stereocenters. The number of amides is 2. The Bertz CT molecular complexity index is 501. The highest BCUT2D eigenvalue weighted by atomic mass is 16.4. The molecule has 1 aromatic carbocycles. The number of hydrogen-bond donors (Lipinski definition) is 4. The van der Waals surface area contributed by atoms with Gasteiger partial charge in [0.15, 0.2) is 0 Å². The van der Waals surface area contributed by atoms with Crippen LogP contribution in [-0.4, -0.2) is 34.0 Å². The van der Waals surface area contributed by atoms with Crippen molar-refractivity contribution in [3.63, 3.8) is 0 Å². The van der Waals surface area contributed by atoms with E-state index in [1.54, 1.807) is 0 Å². The van der Waals surface area contributed by atoms with Gasteiger partial charge in [0, 0.05) is 12.0 Å². The molecule has 7 nitrogen and oxygen atoms in total. The molecule has 1 aromatic rings. The normalized spacial score (nSPS) is 11.6. The fraction of sp³-hybridized carbons (Fsp3) is 0.250.